The van der Waals surface area contributed by atoms with Crippen LogP contribution in [-0.2, 0) is 4.79 Å². The summed E-state index contributed by atoms with van der Waals surface area (Å²) in [6.07, 6.45) is 2.10. The molecule has 0 amide bonds. The highest BCUT2D eigenvalue weighted by atomic mass is 16.4. The fraction of sp³-hybridized carbons (Fsp3) is 0.500. The van der Waals surface area contributed by atoms with Crippen molar-refractivity contribution in [2.45, 2.75) is 44.9 Å². The van der Waals surface area contributed by atoms with Crippen molar-refractivity contribution in [2.75, 3.05) is 0 Å². The minimum atomic E-state index is -0.795. The number of carbonyl (C=O) groups is 1. The molecule has 0 spiro atoms. The molecule has 0 saturated carbocycles. The third-order valence-corrected chi connectivity index (χ3v) is 4.07. The van der Waals surface area contributed by atoms with Crippen molar-refractivity contribution >= 4 is 5.97 Å². The van der Waals surface area contributed by atoms with Gasteiger partial charge in [-0.25, -0.2) is 0 Å². The van der Waals surface area contributed by atoms with E-state index in [4.69, 9.17) is 0 Å². The van der Waals surface area contributed by atoms with Gasteiger partial charge < -0.3 is 5.11 Å². The van der Waals surface area contributed by atoms with Gasteiger partial charge in [0.25, 0.3) is 0 Å². The normalized spacial score (nSPS) is 15.2. The van der Waals surface area contributed by atoms with Crippen LogP contribution in [0.1, 0.15) is 56.3 Å². The molecule has 0 aliphatic rings. The second-order valence-electron chi connectivity index (χ2n) is 5.66. The van der Waals surface area contributed by atoms with Crippen LogP contribution < -0.4 is 0 Å². The van der Waals surface area contributed by atoms with Crippen LogP contribution in [0, 0.1) is 5.92 Å². The molecule has 0 bridgehead atoms. The van der Waals surface area contributed by atoms with Crippen molar-refractivity contribution in [1.29, 1.82) is 0 Å². The number of hydrogen-bond donors (Lipinski definition) is 2. The van der Waals surface area contributed by atoms with Crippen molar-refractivity contribution in [3.63, 3.8) is 0 Å². The van der Waals surface area contributed by atoms with Gasteiger partial charge in [0.15, 0.2) is 5.82 Å². The average Bonchev–Trinajstić information content (AvgIpc) is 3.05. The first kappa shape index (κ1) is 16.1. The number of benzene rings is 1. The van der Waals surface area contributed by atoms with Gasteiger partial charge in [-0.3, -0.25) is 4.79 Å². The minimum Gasteiger partial charge on any atom is -0.481 e. The molecule has 22 heavy (non-hydrogen) atoms. The van der Waals surface area contributed by atoms with Crippen LogP contribution in [0.15, 0.2) is 30.3 Å². The van der Waals surface area contributed by atoms with Crippen LogP contribution in [0.4, 0.5) is 0 Å². The Morgan fingerprint density at radius 1 is 1.32 bits per heavy atom. The summed E-state index contributed by atoms with van der Waals surface area (Å²) in [7, 11) is 0. The first-order chi connectivity index (χ1) is 10.6. The summed E-state index contributed by atoms with van der Waals surface area (Å²) in [5.74, 6) is -0.816. The number of aromatic amines is 1. The van der Waals surface area contributed by atoms with Gasteiger partial charge >= 0.3 is 5.97 Å². The Labute approximate surface area is 130 Å². The smallest absolute Gasteiger partial charge is 0.307 e. The van der Waals surface area contributed by atoms with E-state index in [0.717, 1.165) is 6.42 Å². The van der Waals surface area contributed by atoms with Crippen LogP contribution in [0.25, 0.3) is 0 Å². The molecule has 0 aliphatic heterocycles. The number of nitrogens with zero attached hydrogens (tertiary/aromatic N) is 3. The van der Waals surface area contributed by atoms with E-state index in [2.05, 4.69) is 39.7 Å². The van der Waals surface area contributed by atoms with E-state index in [1.165, 1.54) is 5.56 Å². The van der Waals surface area contributed by atoms with Gasteiger partial charge in [-0.1, -0.05) is 55.8 Å². The van der Waals surface area contributed by atoms with Gasteiger partial charge in [0.05, 0.1) is 5.92 Å². The van der Waals surface area contributed by atoms with Crippen LogP contribution in [0.5, 0.6) is 0 Å². The van der Waals surface area contributed by atoms with Crippen molar-refractivity contribution in [1.82, 2.24) is 20.6 Å². The Hall–Kier alpha value is -2.24. The first-order valence-corrected chi connectivity index (χ1v) is 7.64. The predicted octanol–water partition coefficient (Wildman–Crippen LogP) is 2.98. The molecule has 2 rings (SSSR count). The van der Waals surface area contributed by atoms with E-state index in [9.17, 15) is 9.90 Å². The molecule has 0 saturated heterocycles. The Balaban J connectivity index is 2.23. The highest BCUT2D eigenvalue weighted by Gasteiger charge is 2.33. The molecule has 1 unspecified atom stereocenters. The highest BCUT2D eigenvalue weighted by Crippen LogP contribution is 2.35. The lowest BCUT2D eigenvalue weighted by Gasteiger charge is -2.24. The number of rotatable bonds is 8. The molecule has 0 fully saturated rings. The van der Waals surface area contributed by atoms with Gasteiger partial charge in [-0.2, -0.15) is 5.21 Å². The summed E-state index contributed by atoms with van der Waals surface area (Å²) in [4.78, 5) is 11.7. The lowest BCUT2D eigenvalue weighted by Crippen LogP contribution is -2.24. The quantitative estimate of drug-likeness (QED) is 0.782. The Morgan fingerprint density at radius 3 is 2.59 bits per heavy atom. The monoisotopic (exact) mass is 302 g/mol. The zero-order valence-corrected chi connectivity index (χ0v) is 12.9. The maximum Gasteiger partial charge on any atom is 0.307 e. The molecule has 0 aliphatic carbocycles. The van der Waals surface area contributed by atoms with Gasteiger partial charge in [0.1, 0.15) is 0 Å². The predicted molar refractivity (Wildman–Crippen MR) is 82.4 cm³/mol. The number of carboxylic acids is 1. The van der Waals surface area contributed by atoms with E-state index < -0.39 is 11.9 Å². The molecular formula is C16H22N4O2. The summed E-state index contributed by atoms with van der Waals surface area (Å²) in [6.45, 7) is 4.09. The van der Waals surface area contributed by atoms with Gasteiger partial charge in [-0.05, 0) is 24.3 Å². The molecule has 3 atom stereocenters. The minimum absolute atomic E-state index is 0.225. The van der Waals surface area contributed by atoms with Gasteiger partial charge in [0, 0.05) is 5.92 Å². The number of carboxylic acid groups (broad SMARTS) is 1. The maximum absolute atomic E-state index is 11.7. The summed E-state index contributed by atoms with van der Waals surface area (Å²) < 4.78 is 0. The van der Waals surface area contributed by atoms with Crippen LogP contribution in [0.2, 0.25) is 0 Å². The molecule has 6 heteroatoms. The molecule has 0 radical (unpaired) electrons. The molecule has 1 aromatic carbocycles. The summed E-state index contributed by atoms with van der Waals surface area (Å²) in [5.41, 5.74) is 1.19. The summed E-state index contributed by atoms with van der Waals surface area (Å²) in [6, 6.07) is 10.1. The molecule has 6 nitrogen and oxygen atoms in total. The third kappa shape index (κ3) is 3.90. The molecular weight excluding hydrogens is 280 g/mol. The number of nitrogens with one attached hydrogen (secondary N) is 1. The van der Waals surface area contributed by atoms with E-state index >= 15 is 0 Å². The fourth-order valence-corrected chi connectivity index (χ4v) is 2.88. The third-order valence-electron chi connectivity index (χ3n) is 4.07. The number of H-pyrrole nitrogens is 1. The second kappa shape index (κ2) is 7.68. The zero-order chi connectivity index (χ0) is 15.9. The van der Waals surface area contributed by atoms with Crippen LogP contribution in [-0.4, -0.2) is 31.7 Å². The van der Waals surface area contributed by atoms with E-state index in [-0.39, 0.29) is 11.8 Å². The SMILES string of the molecule is CCC[C@H](C(=O)O)[C@H](CC(C)c1ccccc1)c1nn[nH]n1. The Kier molecular flexibility index (Phi) is 5.63. The maximum atomic E-state index is 11.7. The van der Waals surface area contributed by atoms with Crippen molar-refractivity contribution in [2.24, 2.45) is 5.92 Å². The number of aliphatic carboxylic acids is 1. The Morgan fingerprint density at radius 2 is 2.05 bits per heavy atom. The molecule has 1 heterocycles. The summed E-state index contributed by atoms with van der Waals surface area (Å²) >= 11 is 0. The summed E-state index contributed by atoms with van der Waals surface area (Å²) in [5, 5.41) is 23.7. The topological polar surface area (TPSA) is 91.8 Å². The second-order valence-corrected chi connectivity index (χ2v) is 5.66. The molecule has 1 aromatic heterocycles. The van der Waals surface area contributed by atoms with E-state index in [1.54, 1.807) is 0 Å². The highest BCUT2D eigenvalue weighted by molar-refractivity contribution is 5.71. The molecule has 2 aromatic rings. The van der Waals surface area contributed by atoms with Crippen molar-refractivity contribution < 1.29 is 9.90 Å². The number of tetrazole rings is 1. The number of hydrogen-bond acceptors (Lipinski definition) is 4. The lowest BCUT2D eigenvalue weighted by atomic mass is 9.80. The largest absolute Gasteiger partial charge is 0.481 e. The van der Waals surface area contributed by atoms with Crippen LogP contribution >= 0.6 is 0 Å². The van der Waals surface area contributed by atoms with Crippen molar-refractivity contribution in [3.05, 3.63) is 41.7 Å². The average molecular weight is 302 g/mol. The Bertz CT molecular complexity index is 571. The van der Waals surface area contributed by atoms with Gasteiger partial charge in [-0.15, -0.1) is 10.2 Å². The number of aromatic nitrogens is 4. The van der Waals surface area contributed by atoms with Crippen molar-refractivity contribution in [3.8, 4) is 0 Å². The van der Waals surface area contributed by atoms with E-state index in [1.807, 2.05) is 25.1 Å². The van der Waals surface area contributed by atoms with Gasteiger partial charge in [0.2, 0.25) is 0 Å². The standard InChI is InChI=1S/C16H22N4O2/c1-3-7-13(16(21)22)14(15-17-19-20-18-15)10-11(2)12-8-5-4-6-9-12/h4-6,8-9,11,13-14H,3,7,10H2,1-2H3,(H,21,22)(H,17,18,19,20)/t11?,13-,14-/m0/s1. The zero-order valence-electron chi connectivity index (χ0n) is 12.9. The fourth-order valence-electron chi connectivity index (χ4n) is 2.88. The molecule has 118 valence electrons. The molecule has 2 N–H and O–H groups in total. The van der Waals surface area contributed by atoms with Crippen LogP contribution in [0.3, 0.4) is 0 Å². The first-order valence-electron chi connectivity index (χ1n) is 7.64. The lowest BCUT2D eigenvalue weighted by molar-refractivity contribution is -0.143. The van der Waals surface area contributed by atoms with E-state index in [0.29, 0.717) is 18.7 Å².